The molecule has 4 saturated heterocycles. The molecule has 310 valence electrons. The third-order valence-electron chi connectivity index (χ3n) is 14.6. The molecule has 5 aliphatic rings. The number of piperazine rings is 1. The van der Waals surface area contributed by atoms with E-state index in [0.29, 0.717) is 63.5 Å². The molecule has 1 amide bonds. The molecule has 5 atom stereocenters. The third-order valence-corrected chi connectivity index (χ3v) is 20.9. The van der Waals surface area contributed by atoms with Crippen LogP contribution >= 0.6 is 0 Å². The number of ether oxygens (including phenoxy) is 2. The zero-order chi connectivity index (χ0) is 41.7. The second-order valence-corrected chi connectivity index (χ2v) is 23.9. The van der Waals surface area contributed by atoms with Crippen LogP contribution in [0.4, 0.5) is 19.4 Å². The summed E-state index contributed by atoms with van der Waals surface area (Å²) in [5, 5.41) is 11.8. The van der Waals surface area contributed by atoms with Crippen molar-refractivity contribution in [3.8, 4) is 34.6 Å². The predicted molar refractivity (Wildman–Crippen MR) is 229 cm³/mol. The van der Waals surface area contributed by atoms with Crippen LogP contribution < -0.4 is 14.4 Å². The van der Waals surface area contributed by atoms with Crippen molar-refractivity contribution in [1.29, 1.82) is 0 Å². The maximum atomic E-state index is 17.8. The molecule has 59 heavy (non-hydrogen) atoms. The fourth-order valence-corrected chi connectivity index (χ4v) is 17.1. The second-order valence-electron chi connectivity index (χ2n) is 18.3. The quantitative estimate of drug-likeness (QED) is 0.111. The van der Waals surface area contributed by atoms with Crippen molar-refractivity contribution in [2.45, 2.75) is 127 Å². The van der Waals surface area contributed by atoms with Gasteiger partial charge in [0.05, 0.1) is 29.2 Å². The zero-order valence-corrected chi connectivity index (χ0v) is 36.1. The van der Waals surface area contributed by atoms with Crippen LogP contribution in [-0.4, -0.2) is 100 Å². The minimum Gasteiger partial charge on any atom is -0.472 e. The van der Waals surface area contributed by atoms with Gasteiger partial charge in [0.2, 0.25) is 5.88 Å². The normalized spacial score (nSPS) is 25.1. The molecule has 2 aromatic carbocycles. The molecule has 1 N–H and O–H groups in total. The van der Waals surface area contributed by atoms with Gasteiger partial charge in [0.1, 0.15) is 49.0 Å². The van der Waals surface area contributed by atoms with Gasteiger partial charge >= 0.3 is 12.1 Å². The fourth-order valence-electron chi connectivity index (χ4n) is 11.9. The van der Waals surface area contributed by atoms with Gasteiger partial charge in [-0.05, 0) is 73.6 Å². The molecule has 7 heterocycles. The Balaban J connectivity index is 1.25. The first-order chi connectivity index (χ1) is 28.2. The molecule has 4 aromatic rings. The highest BCUT2D eigenvalue weighted by Gasteiger charge is 2.53. The number of fused-ring (bicyclic) bond motifs is 7. The van der Waals surface area contributed by atoms with E-state index in [1.807, 2.05) is 19.1 Å². The minimum atomic E-state index is -2.28. The number of halogens is 2. The van der Waals surface area contributed by atoms with E-state index in [1.54, 1.807) is 17.0 Å². The van der Waals surface area contributed by atoms with Gasteiger partial charge in [-0.1, -0.05) is 83.9 Å². The summed E-state index contributed by atoms with van der Waals surface area (Å²) in [6.07, 6.45) is 2.66. The Kier molecular flexibility index (Phi) is 9.70. The lowest BCUT2D eigenvalue weighted by Crippen LogP contribution is -2.64. The Labute approximate surface area is 346 Å². The smallest absolute Gasteiger partial charge is 0.407 e. The van der Waals surface area contributed by atoms with E-state index in [1.165, 1.54) is 6.07 Å². The molecule has 0 radical (unpaired) electrons. The van der Waals surface area contributed by atoms with Gasteiger partial charge in [0, 0.05) is 24.0 Å². The summed E-state index contributed by atoms with van der Waals surface area (Å²) in [4.78, 5) is 33.4. The van der Waals surface area contributed by atoms with Crippen molar-refractivity contribution < 1.29 is 28.2 Å². The van der Waals surface area contributed by atoms with Crippen LogP contribution in [0.1, 0.15) is 86.1 Å². The van der Waals surface area contributed by atoms with E-state index in [2.05, 4.69) is 69.4 Å². The number of anilines is 1. The average molecular weight is 821 g/mol. The van der Waals surface area contributed by atoms with Gasteiger partial charge in [-0.2, -0.15) is 9.97 Å². The Morgan fingerprint density at radius 1 is 1.05 bits per heavy atom. The van der Waals surface area contributed by atoms with E-state index in [-0.39, 0.29) is 52.9 Å². The Morgan fingerprint density at radius 2 is 1.81 bits per heavy atom. The monoisotopic (exact) mass is 820 g/mol. The fraction of sp³-hybridized carbons (Fsp3) is 0.522. The zero-order valence-electron chi connectivity index (χ0n) is 35.1. The molecule has 10 nitrogen and oxygen atoms in total. The van der Waals surface area contributed by atoms with E-state index >= 15 is 8.78 Å². The number of rotatable bonds is 7. The van der Waals surface area contributed by atoms with E-state index in [0.717, 1.165) is 37.9 Å². The lowest BCUT2D eigenvalue weighted by atomic mass is 9.91. The van der Waals surface area contributed by atoms with Crippen LogP contribution in [0.25, 0.3) is 32.9 Å². The van der Waals surface area contributed by atoms with Gasteiger partial charge in [0.25, 0.3) is 0 Å². The highest BCUT2D eigenvalue weighted by Crippen LogP contribution is 2.48. The lowest BCUT2D eigenvalue weighted by Gasteiger charge is -2.47. The predicted octanol–water partition coefficient (Wildman–Crippen LogP) is 9.35. The molecule has 2 aromatic heterocycles. The number of carboxylic acid groups (broad SMARTS) is 1. The maximum absolute atomic E-state index is 17.8. The number of carbonyl (C=O) groups is 1. The molecular formula is C46H54F2N6O4Si. The van der Waals surface area contributed by atoms with Crippen LogP contribution in [-0.2, 0) is 0 Å². The molecule has 4 fully saturated rings. The van der Waals surface area contributed by atoms with Crippen molar-refractivity contribution in [2.75, 3.05) is 31.1 Å². The third kappa shape index (κ3) is 5.94. The minimum absolute atomic E-state index is 0.0182. The molecular weight excluding hydrogens is 767 g/mol. The molecule has 13 heteroatoms. The molecule has 9 rings (SSSR count). The number of nitrogens with zero attached hydrogens (tertiary/aromatic N) is 6. The molecule has 5 unspecified atom stereocenters. The Morgan fingerprint density at radius 3 is 2.54 bits per heavy atom. The van der Waals surface area contributed by atoms with Crippen molar-refractivity contribution >= 4 is 41.7 Å². The van der Waals surface area contributed by atoms with Gasteiger partial charge < -0.3 is 19.5 Å². The number of aromatic nitrogens is 3. The van der Waals surface area contributed by atoms with E-state index in [9.17, 15) is 9.90 Å². The topological polar surface area (TPSA) is 104 Å². The van der Waals surface area contributed by atoms with Crippen molar-refractivity contribution in [1.82, 2.24) is 24.8 Å². The highest BCUT2D eigenvalue weighted by atomic mass is 28.3. The SMILES string of the molecule is C=C1CCN2CCCC12COc1nc2c3c(nc(-c4cccc5ccc(F)c(C#C[Si](C(C)C)(C(C)C)C(C)C)c45)c(F)c3n1)OC(C)C1C3CCC(CN21)N3C(=O)O. The van der Waals surface area contributed by atoms with Crippen LogP contribution in [0.3, 0.4) is 0 Å². The number of amides is 1. The largest absolute Gasteiger partial charge is 0.472 e. The van der Waals surface area contributed by atoms with Crippen molar-refractivity contribution in [3.63, 3.8) is 0 Å². The van der Waals surface area contributed by atoms with Crippen LogP contribution in [0.2, 0.25) is 16.6 Å². The van der Waals surface area contributed by atoms with Gasteiger partial charge in [-0.3, -0.25) is 9.80 Å². The van der Waals surface area contributed by atoms with Crippen LogP contribution in [0.15, 0.2) is 42.5 Å². The van der Waals surface area contributed by atoms with E-state index < -0.39 is 37.9 Å². The first-order valence-corrected chi connectivity index (χ1v) is 23.6. The van der Waals surface area contributed by atoms with E-state index in [4.69, 9.17) is 24.4 Å². The molecule has 0 spiro atoms. The summed E-state index contributed by atoms with van der Waals surface area (Å²) in [5.74, 6) is 2.70. The number of hydrogen-bond donors (Lipinski definition) is 1. The van der Waals surface area contributed by atoms with Gasteiger partial charge in [0.15, 0.2) is 5.82 Å². The van der Waals surface area contributed by atoms with Crippen molar-refractivity contribution in [2.24, 2.45) is 0 Å². The maximum Gasteiger partial charge on any atom is 0.407 e. The number of hydrogen-bond acceptors (Lipinski definition) is 8. The first kappa shape index (κ1) is 39.6. The van der Waals surface area contributed by atoms with Crippen LogP contribution in [0.5, 0.6) is 11.9 Å². The molecule has 2 bridgehead atoms. The van der Waals surface area contributed by atoms with Gasteiger partial charge in [-0.25, -0.2) is 18.6 Å². The molecule has 0 aliphatic carbocycles. The number of pyridine rings is 1. The summed E-state index contributed by atoms with van der Waals surface area (Å²) in [5.41, 5.74) is 5.96. The second kappa shape index (κ2) is 14.4. The average Bonchev–Trinajstić information content (AvgIpc) is 3.83. The van der Waals surface area contributed by atoms with Gasteiger partial charge in [-0.15, -0.1) is 5.54 Å². The standard InChI is InChI=1S/C46H54F2N6O4Si/c1-25(2)59(26(3)4,27(5)6)22-18-32-34(47)15-13-30-11-9-12-33(36(30)32)39-38(48)40-37-42(51-44(50-40)57-24-46-19-10-20-52(46)21-17-28(46)7)53-23-31-14-16-35(54(31)45(55)56)41(53)29(8)58-43(37)49-39/h9,11-13,15,25-27,29,31,35,41H,7,10,14,16-17,19-21,23-24H2,1-6,8H3,(H,55,56). The van der Waals surface area contributed by atoms with Crippen molar-refractivity contribution in [3.05, 3.63) is 59.7 Å². The summed E-state index contributed by atoms with van der Waals surface area (Å²) in [6, 6.07) is 7.51. The first-order valence-electron chi connectivity index (χ1n) is 21.3. The lowest BCUT2D eigenvalue weighted by molar-refractivity contribution is 0.0706. The Hall–Kier alpha value is -4.80. The Bertz CT molecular complexity index is 2450. The summed E-state index contributed by atoms with van der Waals surface area (Å²) >= 11 is 0. The van der Waals surface area contributed by atoms with Crippen LogP contribution in [0, 0.1) is 23.1 Å². The highest BCUT2D eigenvalue weighted by molar-refractivity contribution is 6.90. The summed E-state index contributed by atoms with van der Waals surface area (Å²) in [6.45, 7) is 22.1. The molecule has 0 saturated carbocycles. The number of benzene rings is 2. The summed E-state index contributed by atoms with van der Waals surface area (Å²) in [7, 11) is -2.28. The summed E-state index contributed by atoms with van der Waals surface area (Å²) < 4.78 is 47.3. The molecule has 5 aliphatic heterocycles.